The third-order valence-electron chi connectivity index (χ3n) is 3.61. The average Bonchev–Trinajstić information content (AvgIpc) is 3.02. The van der Waals surface area contributed by atoms with Gasteiger partial charge in [-0.1, -0.05) is 23.2 Å². The summed E-state index contributed by atoms with van der Waals surface area (Å²) in [6, 6.07) is 5.17. The summed E-state index contributed by atoms with van der Waals surface area (Å²) in [4.78, 5) is 18.4. The lowest BCUT2D eigenvalue weighted by molar-refractivity contribution is 0.0371. The molecule has 0 unspecified atom stereocenters. The topological polar surface area (TPSA) is 51.7 Å². The average molecular weight is 431 g/mol. The highest BCUT2D eigenvalue weighted by Crippen LogP contribution is 2.24. The molecule has 27 heavy (non-hydrogen) atoms. The third-order valence-corrected chi connectivity index (χ3v) is 4.96. The first-order chi connectivity index (χ1) is 12.8. The van der Waals surface area contributed by atoms with Gasteiger partial charge < -0.3 is 14.4 Å². The standard InChI is InChI=1S/C19H24Cl2N2O3S/c1-13(2)26-19(24)17-12-27-18(22-17)5-4-6-23(3)7-8-25-16-10-14(20)9-15(21)11-16/h9-13H,4-8H2,1-3H3. The van der Waals surface area contributed by atoms with Crippen LogP contribution in [0.5, 0.6) is 5.75 Å². The van der Waals surface area contributed by atoms with Crippen LogP contribution in [-0.2, 0) is 11.2 Å². The predicted molar refractivity (Wildman–Crippen MR) is 110 cm³/mol. The number of nitrogens with zero attached hydrogens (tertiary/aromatic N) is 2. The predicted octanol–water partition coefficient (Wildman–Crippen LogP) is 4.96. The monoisotopic (exact) mass is 430 g/mol. The van der Waals surface area contributed by atoms with Gasteiger partial charge in [-0.2, -0.15) is 0 Å². The minimum absolute atomic E-state index is 0.138. The molecule has 0 spiro atoms. The van der Waals surface area contributed by atoms with Gasteiger partial charge in [0.2, 0.25) is 0 Å². The number of hydrogen-bond acceptors (Lipinski definition) is 6. The van der Waals surface area contributed by atoms with Gasteiger partial charge in [0.1, 0.15) is 12.4 Å². The molecule has 0 radical (unpaired) electrons. The summed E-state index contributed by atoms with van der Waals surface area (Å²) in [5.41, 5.74) is 0.394. The Morgan fingerprint density at radius 3 is 2.59 bits per heavy atom. The number of halogens is 2. The van der Waals surface area contributed by atoms with E-state index in [4.69, 9.17) is 32.7 Å². The summed E-state index contributed by atoms with van der Waals surface area (Å²) in [7, 11) is 2.04. The number of carbonyl (C=O) groups is 1. The Morgan fingerprint density at radius 2 is 1.93 bits per heavy atom. The highest BCUT2D eigenvalue weighted by molar-refractivity contribution is 7.09. The normalized spacial score (nSPS) is 11.2. The summed E-state index contributed by atoms with van der Waals surface area (Å²) >= 11 is 13.4. The maximum atomic E-state index is 11.8. The van der Waals surface area contributed by atoms with Crippen molar-refractivity contribution in [2.75, 3.05) is 26.7 Å². The van der Waals surface area contributed by atoms with E-state index in [2.05, 4.69) is 9.88 Å². The Hall–Kier alpha value is -1.34. The van der Waals surface area contributed by atoms with Gasteiger partial charge in [-0.3, -0.25) is 0 Å². The number of aryl methyl sites for hydroxylation is 1. The molecule has 0 N–H and O–H groups in total. The van der Waals surface area contributed by atoms with Crippen LogP contribution in [0.25, 0.3) is 0 Å². The molecule has 0 aliphatic carbocycles. The van der Waals surface area contributed by atoms with Crippen LogP contribution in [0.1, 0.15) is 35.8 Å². The Labute approximate surface area is 174 Å². The van der Waals surface area contributed by atoms with E-state index in [1.165, 1.54) is 11.3 Å². The summed E-state index contributed by atoms with van der Waals surface area (Å²) < 4.78 is 10.8. The Morgan fingerprint density at radius 1 is 1.22 bits per heavy atom. The number of thiazole rings is 1. The molecule has 0 amide bonds. The molecule has 0 aliphatic rings. The quantitative estimate of drug-likeness (QED) is 0.498. The van der Waals surface area contributed by atoms with Gasteiger partial charge in [-0.15, -0.1) is 11.3 Å². The van der Waals surface area contributed by atoms with E-state index in [9.17, 15) is 4.79 Å². The van der Waals surface area contributed by atoms with Crippen molar-refractivity contribution in [1.29, 1.82) is 0 Å². The van der Waals surface area contributed by atoms with E-state index in [0.29, 0.717) is 28.1 Å². The first-order valence-electron chi connectivity index (χ1n) is 8.76. The first kappa shape index (κ1) is 22.0. The number of ether oxygens (including phenoxy) is 2. The molecule has 1 aromatic heterocycles. The smallest absolute Gasteiger partial charge is 0.358 e. The molecule has 2 rings (SSSR count). The van der Waals surface area contributed by atoms with Gasteiger partial charge in [-0.25, -0.2) is 9.78 Å². The van der Waals surface area contributed by atoms with Gasteiger partial charge in [0.15, 0.2) is 5.69 Å². The van der Waals surface area contributed by atoms with Crippen LogP contribution in [-0.4, -0.2) is 48.7 Å². The molecule has 0 bridgehead atoms. The molecule has 0 aliphatic heterocycles. The Balaban J connectivity index is 1.66. The minimum atomic E-state index is -0.358. The van der Waals surface area contributed by atoms with Crippen molar-refractivity contribution in [2.45, 2.75) is 32.8 Å². The van der Waals surface area contributed by atoms with Crippen molar-refractivity contribution in [3.8, 4) is 5.75 Å². The third kappa shape index (κ3) is 8.05. The SMILES string of the molecule is CC(C)OC(=O)c1csc(CCCN(C)CCOc2cc(Cl)cc(Cl)c2)n1. The van der Waals surface area contributed by atoms with Gasteiger partial charge in [0, 0.05) is 28.4 Å². The molecule has 0 atom stereocenters. The fourth-order valence-electron chi connectivity index (χ4n) is 2.34. The number of rotatable bonds is 10. The lowest BCUT2D eigenvalue weighted by Crippen LogP contribution is -2.25. The zero-order valence-corrected chi connectivity index (χ0v) is 18.0. The van der Waals surface area contributed by atoms with Crippen LogP contribution in [0.3, 0.4) is 0 Å². The zero-order valence-electron chi connectivity index (χ0n) is 15.7. The molecule has 0 saturated carbocycles. The largest absolute Gasteiger partial charge is 0.492 e. The fraction of sp³-hybridized carbons (Fsp3) is 0.474. The maximum Gasteiger partial charge on any atom is 0.358 e. The highest BCUT2D eigenvalue weighted by atomic mass is 35.5. The molecular formula is C19H24Cl2N2O3S. The molecular weight excluding hydrogens is 407 g/mol. The molecule has 8 heteroatoms. The van der Waals surface area contributed by atoms with Crippen LogP contribution in [0, 0.1) is 0 Å². The molecule has 148 valence electrons. The molecule has 1 heterocycles. The van der Waals surface area contributed by atoms with Gasteiger partial charge >= 0.3 is 5.97 Å². The second-order valence-corrected chi connectivity index (χ2v) is 8.26. The lowest BCUT2D eigenvalue weighted by Gasteiger charge is -2.16. The van der Waals surface area contributed by atoms with Crippen LogP contribution >= 0.6 is 34.5 Å². The number of esters is 1. The summed E-state index contributed by atoms with van der Waals surface area (Å²) in [6.07, 6.45) is 1.64. The number of likely N-dealkylation sites (N-methyl/N-ethyl adjacent to an activating group) is 1. The Bertz CT molecular complexity index is 732. The summed E-state index contributed by atoms with van der Waals surface area (Å²) in [6.45, 7) is 5.89. The van der Waals surface area contributed by atoms with Gasteiger partial charge in [0.05, 0.1) is 11.1 Å². The van der Waals surface area contributed by atoms with E-state index >= 15 is 0 Å². The van der Waals surface area contributed by atoms with Gasteiger partial charge in [0.25, 0.3) is 0 Å². The number of carbonyl (C=O) groups excluding carboxylic acids is 1. The van der Waals surface area contributed by atoms with Crippen LogP contribution < -0.4 is 4.74 Å². The van der Waals surface area contributed by atoms with Gasteiger partial charge in [-0.05, 0) is 52.1 Å². The van der Waals surface area contributed by atoms with Crippen molar-refractivity contribution in [2.24, 2.45) is 0 Å². The minimum Gasteiger partial charge on any atom is -0.492 e. The van der Waals surface area contributed by atoms with Crippen LogP contribution in [0.15, 0.2) is 23.6 Å². The van der Waals surface area contributed by atoms with Crippen molar-refractivity contribution >= 4 is 40.5 Å². The van der Waals surface area contributed by atoms with E-state index in [1.54, 1.807) is 23.6 Å². The Kier molecular flexibility index (Phi) is 8.83. The maximum absolute atomic E-state index is 11.8. The second-order valence-electron chi connectivity index (χ2n) is 6.44. The molecule has 2 aromatic rings. The van der Waals surface area contributed by atoms with Crippen LogP contribution in [0.4, 0.5) is 0 Å². The van der Waals surface area contributed by atoms with Crippen molar-refractivity contribution in [1.82, 2.24) is 9.88 Å². The number of hydrogen-bond donors (Lipinski definition) is 0. The lowest BCUT2D eigenvalue weighted by atomic mass is 10.3. The van der Waals surface area contributed by atoms with E-state index in [1.807, 2.05) is 20.9 Å². The van der Waals surface area contributed by atoms with Crippen molar-refractivity contribution in [3.63, 3.8) is 0 Å². The van der Waals surface area contributed by atoms with Crippen molar-refractivity contribution in [3.05, 3.63) is 44.3 Å². The zero-order chi connectivity index (χ0) is 19.8. The fourth-order valence-corrected chi connectivity index (χ4v) is 3.65. The molecule has 0 saturated heterocycles. The van der Waals surface area contributed by atoms with E-state index < -0.39 is 0 Å². The van der Waals surface area contributed by atoms with Crippen LogP contribution in [0.2, 0.25) is 10.0 Å². The van der Waals surface area contributed by atoms with E-state index in [0.717, 1.165) is 30.9 Å². The molecule has 0 fully saturated rings. The second kappa shape index (κ2) is 10.9. The summed E-state index contributed by atoms with van der Waals surface area (Å²) in [5, 5.41) is 3.83. The summed E-state index contributed by atoms with van der Waals surface area (Å²) in [5.74, 6) is 0.312. The van der Waals surface area contributed by atoms with E-state index in [-0.39, 0.29) is 12.1 Å². The number of aromatic nitrogens is 1. The first-order valence-corrected chi connectivity index (χ1v) is 10.4. The molecule has 5 nitrogen and oxygen atoms in total. The number of benzene rings is 1. The van der Waals surface area contributed by atoms with Crippen molar-refractivity contribution < 1.29 is 14.3 Å². The highest BCUT2D eigenvalue weighted by Gasteiger charge is 2.13. The molecule has 1 aromatic carbocycles.